The van der Waals surface area contributed by atoms with Crippen molar-refractivity contribution >= 4 is 11.4 Å². The van der Waals surface area contributed by atoms with E-state index in [1.807, 2.05) is 0 Å². The van der Waals surface area contributed by atoms with E-state index >= 15 is 0 Å². The summed E-state index contributed by atoms with van der Waals surface area (Å²) < 4.78 is 18.6. The van der Waals surface area contributed by atoms with Crippen molar-refractivity contribution in [1.82, 2.24) is 4.98 Å². The molecule has 92 valence electrons. The third kappa shape index (κ3) is 2.19. The number of benzene rings is 1. The molecule has 2 aromatic rings. The first-order valence-corrected chi connectivity index (χ1v) is 4.91. The number of pyridine rings is 1. The van der Waals surface area contributed by atoms with Crippen LogP contribution in [-0.2, 0) is 0 Å². The minimum Gasteiger partial charge on any atom is -0.427 e. The van der Waals surface area contributed by atoms with Gasteiger partial charge in [0.2, 0.25) is 11.6 Å². The molecule has 1 heterocycles. The molecule has 0 aliphatic heterocycles. The Morgan fingerprint density at radius 3 is 2.78 bits per heavy atom. The van der Waals surface area contributed by atoms with E-state index in [1.54, 1.807) is 6.07 Å². The quantitative estimate of drug-likeness (QED) is 0.666. The largest absolute Gasteiger partial charge is 0.427 e. The smallest absolute Gasteiger partial charge is 0.314 e. The average molecular weight is 249 g/mol. The Morgan fingerprint density at radius 2 is 2.11 bits per heavy atom. The Kier molecular flexibility index (Phi) is 3.05. The highest BCUT2D eigenvalue weighted by Gasteiger charge is 2.21. The molecule has 0 fully saturated rings. The number of anilines is 1. The highest BCUT2D eigenvalue weighted by Crippen LogP contribution is 2.34. The number of para-hydroxylation sites is 1. The lowest BCUT2D eigenvalue weighted by molar-refractivity contribution is -0.385. The van der Waals surface area contributed by atoms with Gasteiger partial charge in [-0.3, -0.25) is 10.1 Å². The summed E-state index contributed by atoms with van der Waals surface area (Å²) >= 11 is 0. The van der Waals surface area contributed by atoms with Crippen LogP contribution in [0.15, 0.2) is 36.5 Å². The normalized spacial score (nSPS) is 10.1. The minimum atomic E-state index is -0.853. The van der Waals surface area contributed by atoms with Crippen LogP contribution in [0.1, 0.15) is 0 Å². The fourth-order valence-electron chi connectivity index (χ4n) is 1.33. The summed E-state index contributed by atoms with van der Waals surface area (Å²) in [6, 6.07) is 6.48. The van der Waals surface area contributed by atoms with E-state index in [0.717, 1.165) is 12.1 Å². The van der Waals surface area contributed by atoms with E-state index < -0.39 is 22.2 Å². The van der Waals surface area contributed by atoms with Gasteiger partial charge in [-0.2, -0.15) is 0 Å². The van der Waals surface area contributed by atoms with Gasteiger partial charge in [0.25, 0.3) is 0 Å². The van der Waals surface area contributed by atoms with Gasteiger partial charge in [-0.1, -0.05) is 6.07 Å². The number of nitrogens with two attached hydrogens (primary N) is 1. The second-order valence-corrected chi connectivity index (χ2v) is 3.35. The lowest BCUT2D eigenvalue weighted by atomic mass is 10.3. The van der Waals surface area contributed by atoms with Crippen molar-refractivity contribution in [2.24, 2.45) is 0 Å². The van der Waals surface area contributed by atoms with Crippen molar-refractivity contribution in [2.75, 3.05) is 5.73 Å². The van der Waals surface area contributed by atoms with Crippen molar-refractivity contribution in [3.05, 3.63) is 52.5 Å². The molecule has 7 heteroatoms. The Hall–Kier alpha value is -2.70. The lowest BCUT2D eigenvalue weighted by Gasteiger charge is -2.07. The van der Waals surface area contributed by atoms with Crippen molar-refractivity contribution < 1.29 is 14.1 Å². The molecule has 0 saturated heterocycles. The van der Waals surface area contributed by atoms with E-state index in [1.165, 1.54) is 18.3 Å². The Bertz CT molecular complexity index is 604. The predicted molar refractivity (Wildman–Crippen MR) is 61.8 cm³/mol. The number of nitrogen functional groups attached to an aromatic ring is 1. The summed E-state index contributed by atoms with van der Waals surface area (Å²) in [5.74, 6) is -1.44. The Labute approximate surface area is 101 Å². The van der Waals surface area contributed by atoms with Crippen LogP contribution < -0.4 is 10.5 Å². The number of aromatic nitrogens is 1. The topological polar surface area (TPSA) is 91.3 Å². The Morgan fingerprint density at radius 1 is 1.33 bits per heavy atom. The number of nitrogens with zero attached hydrogens (tertiary/aromatic N) is 2. The summed E-state index contributed by atoms with van der Waals surface area (Å²) in [4.78, 5) is 13.8. The maximum absolute atomic E-state index is 13.5. The van der Waals surface area contributed by atoms with Gasteiger partial charge in [0, 0.05) is 12.3 Å². The molecule has 0 aliphatic rings. The molecule has 0 aliphatic carbocycles. The summed E-state index contributed by atoms with van der Waals surface area (Å²) in [6.45, 7) is 0. The zero-order valence-corrected chi connectivity index (χ0v) is 9.04. The Balaban J connectivity index is 2.46. The number of hydrogen-bond acceptors (Lipinski definition) is 5. The van der Waals surface area contributed by atoms with Crippen LogP contribution in [-0.4, -0.2) is 9.91 Å². The van der Waals surface area contributed by atoms with Crippen LogP contribution in [0, 0.1) is 15.9 Å². The summed E-state index contributed by atoms with van der Waals surface area (Å²) in [7, 11) is 0. The maximum atomic E-state index is 13.5. The van der Waals surface area contributed by atoms with E-state index in [9.17, 15) is 14.5 Å². The zero-order chi connectivity index (χ0) is 13.1. The minimum absolute atomic E-state index is 0.0781. The second kappa shape index (κ2) is 4.66. The van der Waals surface area contributed by atoms with E-state index in [2.05, 4.69) is 4.98 Å². The van der Waals surface area contributed by atoms with Crippen LogP contribution >= 0.6 is 0 Å². The van der Waals surface area contributed by atoms with E-state index in [-0.39, 0.29) is 11.6 Å². The average Bonchev–Trinajstić information content (AvgIpc) is 2.34. The number of halogens is 1. The van der Waals surface area contributed by atoms with Crippen molar-refractivity contribution in [3.63, 3.8) is 0 Å². The highest BCUT2D eigenvalue weighted by atomic mass is 19.1. The number of nitro groups is 1. The van der Waals surface area contributed by atoms with Gasteiger partial charge in [-0.15, -0.1) is 0 Å². The van der Waals surface area contributed by atoms with Crippen molar-refractivity contribution in [3.8, 4) is 11.6 Å². The second-order valence-electron chi connectivity index (χ2n) is 3.35. The molecule has 0 radical (unpaired) electrons. The maximum Gasteiger partial charge on any atom is 0.314 e. The monoisotopic (exact) mass is 249 g/mol. The van der Waals surface area contributed by atoms with E-state index in [0.29, 0.717) is 0 Å². The van der Waals surface area contributed by atoms with Gasteiger partial charge in [-0.05, 0) is 18.2 Å². The molecular formula is C11H8FN3O3. The molecule has 0 saturated carbocycles. The molecule has 0 bridgehead atoms. The third-order valence-electron chi connectivity index (χ3n) is 2.14. The SMILES string of the molecule is Nc1cccnc1Oc1c(F)cccc1[N+](=O)[O-]. The van der Waals surface area contributed by atoms with Gasteiger partial charge in [0.15, 0.2) is 5.82 Å². The van der Waals surface area contributed by atoms with E-state index in [4.69, 9.17) is 10.5 Å². The van der Waals surface area contributed by atoms with Crippen LogP contribution in [0.3, 0.4) is 0 Å². The molecule has 2 N–H and O–H groups in total. The first-order chi connectivity index (χ1) is 8.59. The predicted octanol–water partition coefficient (Wildman–Crippen LogP) is 2.50. The number of rotatable bonds is 3. The molecule has 1 aromatic carbocycles. The molecular weight excluding hydrogens is 241 g/mol. The van der Waals surface area contributed by atoms with Gasteiger partial charge >= 0.3 is 5.69 Å². The first kappa shape index (κ1) is 11.8. The van der Waals surface area contributed by atoms with Crippen LogP contribution in [0.4, 0.5) is 15.8 Å². The van der Waals surface area contributed by atoms with Gasteiger partial charge in [0.05, 0.1) is 10.6 Å². The first-order valence-electron chi connectivity index (χ1n) is 4.91. The van der Waals surface area contributed by atoms with Crippen molar-refractivity contribution in [2.45, 2.75) is 0 Å². The lowest BCUT2D eigenvalue weighted by Crippen LogP contribution is -1.99. The molecule has 0 atom stereocenters. The summed E-state index contributed by atoms with van der Waals surface area (Å²) in [6.07, 6.45) is 1.39. The number of ether oxygens (including phenoxy) is 1. The molecule has 1 aromatic heterocycles. The molecule has 2 rings (SSSR count). The van der Waals surface area contributed by atoms with Crippen LogP contribution in [0.5, 0.6) is 11.6 Å². The molecule has 0 spiro atoms. The molecule has 6 nitrogen and oxygen atoms in total. The van der Waals surface area contributed by atoms with Gasteiger partial charge in [-0.25, -0.2) is 9.37 Å². The molecule has 18 heavy (non-hydrogen) atoms. The van der Waals surface area contributed by atoms with Gasteiger partial charge < -0.3 is 10.5 Å². The summed E-state index contributed by atoms with van der Waals surface area (Å²) in [5, 5.41) is 10.8. The number of nitro benzene ring substituents is 1. The summed E-state index contributed by atoms with van der Waals surface area (Å²) in [5.41, 5.74) is 5.24. The fraction of sp³-hybridized carbons (Fsp3) is 0. The number of hydrogen-bond donors (Lipinski definition) is 1. The third-order valence-corrected chi connectivity index (χ3v) is 2.14. The van der Waals surface area contributed by atoms with Gasteiger partial charge in [0.1, 0.15) is 0 Å². The molecule has 0 unspecified atom stereocenters. The van der Waals surface area contributed by atoms with Crippen molar-refractivity contribution in [1.29, 1.82) is 0 Å². The van der Waals surface area contributed by atoms with Crippen LogP contribution in [0.25, 0.3) is 0 Å². The molecule has 0 amide bonds. The zero-order valence-electron chi connectivity index (χ0n) is 9.04. The standard InChI is InChI=1S/C11H8FN3O3/c12-7-3-1-5-9(15(16)17)10(7)18-11-8(13)4-2-6-14-11/h1-6H,13H2. The fourth-order valence-corrected chi connectivity index (χ4v) is 1.33. The van der Waals surface area contributed by atoms with Crippen LogP contribution in [0.2, 0.25) is 0 Å². The highest BCUT2D eigenvalue weighted by molar-refractivity contribution is 5.53.